The van der Waals surface area contributed by atoms with Crippen LogP contribution >= 0.6 is 11.6 Å². The fourth-order valence-electron chi connectivity index (χ4n) is 3.02. The molecule has 5 heteroatoms. The first-order valence-corrected chi connectivity index (χ1v) is 9.35. The zero-order valence-corrected chi connectivity index (χ0v) is 15.9. The molecule has 0 bridgehead atoms. The highest BCUT2D eigenvalue weighted by Crippen LogP contribution is 2.23. The molecular formula is C22H20ClN3O. The molecule has 1 heterocycles. The largest absolute Gasteiger partial charge is 0.292 e. The number of aryl methyl sites for hydroxylation is 1. The molecule has 0 saturated heterocycles. The van der Waals surface area contributed by atoms with Crippen LogP contribution in [0.2, 0.25) is 5.15 Å². The summed E-state index contributed by atoms with van der Waals surface area (Å²) in [5.41, 5.74) is 3.38. The first kappa shape index (κ1) is 18.9. The van der Waals surface area contributed by atoms with Gasteiger partial charge in [-0.1, -0.05) is 67.4 Å². The standard InChI is InChI=1S/C22H20ClN3O/c1-2-3-8-21-25-20(23)13-22(27)26(21)15-16-9-11-17(12-10-16)19-7-5-4-6-18(19)14-24/h4-7,9-13H,2-3,8,15H2,1H3. The Morgan fingerprint density at radius 1 is 1.15 bits per heavy atom. The smallest absolute Gasteiger partial charge is 0.255 e. The van der Waals surface area contributed by atoms with Crippen LogP contribution in [0, 0.1) is 11.3 Å². The van der Waals surface area contributed by atoms with Crippen molar-refractivity contribution >= 4 is 11.6 Å². The Balaban J connectivity index is 1.90. The SMILES string of the molecule is CCCCc1nc(Cl)cc(=O)n1Cc1ccc(-c2ccccc2C#N)cc1. The van der Waals surface area contributed by atoms with Gasteiger partial charge in [-0.15, -0.1) is 0 Å². The number of nitrogens with zero attached hydrogens (tertiary/aromatic N) is 3. The second-order valence-electron chi connectivity index (χ2n) is 6.38. The van der Waals surface area contributed by atoms with Crippen LogP contribution in [0.25, 0.3) is 11.1 Å². The molecule has 3 aromatic rings. The van der Waals surface area contributed by atoms with Crippen molar-refractivity contribution in [2.45, 2.75) is 32.7 Å². The molecule has 0 amide bonds. The van der Waals surface area contributed by atoms with Crippen molar-refractivity contribution in [2.75, 3.05) is 0 Å². The fourth-order valence-corrected chi connectivity index (χ4v) is 3.21. The van der Waals surface area contributed by atoms with E-state index in [0.717, 1.165) is 36.0 Å². The van der Waals surface area contributed by atoms with E-state index in [4.69, 9.17) is 11.6 Å². The van der Waals surface area contributed by atoms with E-state index in [2.05, 4.69) is 18.0 Å². The molecular weight excluding hydrogens is 358 g/mol. The van der Waals surface area contributed by atoms with Gasteiger partial charge in [-0.25, -0.2) is 4.98 Å². The molecule has 0 saturated carbocycles. The maximum absolute atomic E-state index is 12.4. The maximum atomic E-state index is 12.4. The fraction of sp³-hybridized carbons (Fsp3) is 0.227. The van der Waals surface area contributed by atoms with Gasteiger partial charge in [0.25, 0.3) is 5.56 Å². The van der Waals surface area contributed by atoms with Gasteiger partial charge in [0.05, 0.1) is 18.2 Å². The molecule has 136 valence electrons. The van der Waals surface area contributed by atoms with Crippen LogP contribution in [-0.2, 0) is 13.0 Å². The summed E-state index contributed by atoms with van der Waals surface area (Å²) in [5, 5.41) is 9.52. The van der Waals surface area contributed by atoms with Crippen molar-refractivity contribution < 1.29 is 0 Å². The molecule has 27 heavy (non-hydrogen) atoms. The van der Waals surface area contributed by atoms with Gasteiger partial charge in [-0.3, -0.25) is 9.36 Å². The van der Waals surface area contributed by atoms with Gasteiger partial charge in [0.2, 0.25) is 0 Å². The third-order valence-corrected chi connectivity index (χ3v) is 4.66. The minimum Gasteiger partial charge on any atom is -0.292 e. The molecule has 4 nitrogen and oxygen atoms in total. The number of rotatable bonds is 6. The Labute approximate surface area is 163 Å². The van der Waals surface area contributed by atoms with Crippen LogP contribution in [0.15, 0.2) is 59.4 Å². The van der Waals surface area contributed by atoms with Crippen LogP contribution in [0.5, 0.6) is 0 Å². The number of benzene rings is 2. The Bertz CT molecular complexity index is 1030. The lowest BCUT2D eigenvalue weighted by molar-refractivity contribution is 0.637. The average Bonchev–Trinajstić information content (AvgIpc) is 2.69. The van der Waals surface area contributed by atoms with Crippen LogP contribution in [0.3, 0.4) is 0 Å². The zero-order valence-electron chi connectivity index (χ0n) is 15.2. The highest BCUT2D eigenvalue weighted by molar-refractivity contribution is 6.29. The lowest BCUT2D eigenvalue weighted by Gasteiger charge is -2.13. The molecule has 1 aromatic heterocycles. The number of hydrogen-bond donors (Lipinski definition) is 0. The molecule has 0 N–H and O–H groups in total. The van der Waals surface area contributed by atoms with Crippen molar-refractivity contribution in [3.8, 4) is 17.2 Å². The summed E-state index contributed by atoms with van der Waals surface area (Å²) in [6.07, 6.45) is 2.70. The summed E-state index contributed by atoms with van der Waals surface area (Å²) in [6.45, 7) is 2.55. The predicted octanol–water partition coefficient (Wildman–Crippen LogP) is 4.83. The van der Waals surface area contributed by atoms with Gasteiger partial charge < -0.3 is 0 Å². The summed E-state index contributed by atoms with van der Waals surface area (Å²) in [5.74, 6) is 0.716. The summed E-state index contributed by atoms with van der Waals surface area (Å²) in [4.78, 5) is 16.8. The predicted molar refractivity (Wildman–Crippen MR) is 108 cm³/mol. The number of nitriles is 1. The summed E-state index contributed by atoms with van der Waals surface area (Å²) < 4.78 is 1.68. The molecule has 0 atom stereocenters. The van der Waals surface area contributed by atoms with Gasteiger partial charge in [0, 0.05) is 12.5 Å². The van der Waals surface area contributed by atoms with E-state index in [1.165, 1.54) is 6.07 Å². The molecule has 0 radical (unpaired) electrons. The average molecular weight is 378 g/mol. The van der Waals surface area contributed by atoms with Gasteiger partial charge in [-0.2, -0.15) is 5.26 Å². The lowest BCUT2D eigenvalue weighted by Crippen LogP contribution is -2.25. The van der Waals surface area contributed by atoms with Crippen LogP contribution in [-0.4, -0.2) is 9.55 Å². The van der Waals surface area contributed by atoms with Gasteiger partial charge in [-0.05, 0) is 29.2 Å². The second-order valence-corrected chi connectivity index (χ2v) is 6.76. The van der Waals surface area contributed by atoms with Crippen molar-refractivity contribution in [2.24, 2.45) is 0 Å². The Hall–Kier alpha value is -2.90. The molecule has 2 aromatic carbocycles. The molecule has 0 aliphatic rings. The Morgan fingerprint density at radius 2 is 1.89 bits per heavy atom. The van der Waals surface area contributed by atoms with E-state index in [0.29, 0.717) is 17.9 Å². The van der Waals surface area contributed by atoms with E-state index in [1.807, 2.05) is 48.5 Å². The summed E-state index contributed by atoms with van der Waals surface area (Å²) in [7, 11) is 0. The minimum atomic E-state index is -0.139. The molecule has 0 aliphatic heterocycles. The normalized spacial score (nSPS) is 10.6. The van der Waals surface area contributed by atoms with Gasteiger partial charge in [0.1, 0.15) is 11.0 Å². The van der Waals surface area contributed by atoms with E-state index in [-0.39, 0.29) is 10.7 Å². The van der Waals surface area contributed by atoms with E-state index in [1.54, 1.807) is 4.57 Å². The van der Waals surface area contributed by atoms with Crippen molar-refractivity contribution in [3.63, 3.8) is 0 Å². The molecule has 0 unspecified atom stereocenters. The van der Waals surface area contributed by atoms with E-state index < -0.39 is 0 Å². The Kier molecular flexibility index (Phi) is 6.05. The van der Waals surface area contributed by atoms with E-state index >= 15 is 0 Å². The van der Waals surface area contributed by atoms with Gasteiger partial charge in [0.15, 0.2) is 0 Å². The first-order chi connectivity index (χ1) is 13.1. The lowest BCUT2D eigenvalue weighted by atomic mass is 9.99. The zero-order chi connectivity index (χ0) is 19.2. The van der Waals surface area contributed by atoms with Crippen LogP contribution < -0.4 is 5.56 Å². The maximum Gasteiger partial charge on any atom is 0.255 e. The minimum absolute atomic E-state index is 0.139. The third-order valence-electron chi connectivity index (χ3n) is 4.46. The van der Waals surface area contributed by atoms with Gasteiger partial charge >= 0.3 is 0 Å². The molecule has 0 aliphatic carbocycles. The van der Waals surface area contributed by atoms with Crippen LogP contribution in [0.4, 0.5) is 0 Å². The highest BCUT2D eigenvalue weighted by Gasteiger charge is 2.09. The number of unbranched alkanes of at least 4 members (excludes halogenated alkanes) is 1. The molecule has 3 rings (SSSR count). The van der Waals surface area contributed by atoms with Crippen molar-refractivity contribution in [1.82, 2.24) is 9.55 Å². The second kappa shape index (κ2) is 8.66. The molecule has 0 spiro atoms. The number of hydrogen-bond acceptors (Lipinski definition) is 3. The van der Waals surface area contributed by atoms with Crippen molar-refractivity contribution in [3.05, 3.63) is 87.1 Å². The topological polar surface area (TPSA) is 58.7 Å². The first-order valence-electron chi connectivity index (χ1n) is 8.97. The summed E-state index contributed by atoms with van der Waals surface area (Å²) in [6, 6.07) is 19.0. The van der Waals surface area contributed by atoms with E-state index in [9.17, 15) is 10.1 Å². The van der Waals surface area contributed by atoms with Crippen molar-refractivity contribution in [1.29, 1.82) is 5.26 Å². The monoisotopic (exact) mass is 377 g/mol. The summed E-state index contributed by atoms with van der Waals surface area (Å²) >= 11 is 5.97. The Morgan fingerprint density at radius 3 is 2.59 bits per heavy atom. The molecule has 0 fully saturated rings. The highest BCUT2D eigenvalue weighted by atomic mass is 35.5. The third kappa shape index (κ3) is 4.45. The number of aromatic nitrogens is 2. The number of halogens is 1. The van der Waals surface area contributed by atoms with Crippen LogP contribution in [0.1, 0.15) is 36.7 Å². The quantitative estimate of drug-likeness (QED) is 0.578.